The van der Waals surface area contributed by atoms with Gasteiger partial charge in [-0.2, -0.15) is 0 Å². The highest BCUT2D eigenvalue weighted by Gasteiger charge is 2.41. The molecule has 0 bridgehead atoms. The van der Waals surface area contributed by atoms with E-state index in [1.807, 2.05) is 44.2 Å². The summed E-state index contributed by atoms with van der Waals surface area (Å²) in [4.78, 5) is 16.8. The van der Waals surface area contributed by atoms with Gasteiger partial charge in [0.25, 0.3) is 0 Å². The van der Waals surface area contributed by atoms with E-state index < -0.39 is 5.41 Å². The molecule has 0 saturated carbocycles. The van der Waals surface area contributed by atoms with E-state index in [0.717, 1.165) is 11.1 Å². The van der Waals surface area contributed by atoms with Gasteiger partial charge in [-0.15, -0.1) is 0 Å². The summed E-state index contributed by atoms with van der Waals surface area (Å²) in [7, 11) is 0. The average molecular weight is 253 g/mol. The fraction of sp³-hybridized carbons (Fsp3) is 0.250. The molecule has 1 aliphatic rings. The van der Waals surface area contributed by atoms with Crippen LogP contribution >= 0.6 is 0 Å². The summed E-state index contributed by atoms with van der Waals surface area (Å²) >= 11 is 0. The van der Waals surface area contributed by atoms with Gasteiger partial charge in [0.1, 0.15) is 12.4 Å². The van der Waals surface area contributed by atoms with Gasteiger partial charge in [0.05, 0.1) is 11.0 Å². The Morgan fingerprint density at radius 1 is 1.32 bits per heavy atom. The van der Waals surface area contributed by atoms with Crippen molar-refractivity contribution in [2.45, 2.75) is 19.3 Å². The zero-order valence-corrected chi connectivity index (χ0v) is 11.0. The van der Waals surface area contributed by atoms with Crippen molar-refractivity contribution >= 4 is 5.78 Å². The molecule has 3 rings (SSSR count). The number of ether oxygens (including phenoxy) is 1. The van der Waals surface area contributed by atoms with Gasteiger partial charge in [-0.3, -0.25) is 9.78 Å². The summed E-state index contributed by atoms with van der Waals surface area (Å²) in [6.45, 7) is 4.26. The molecule has 96 valence electrons. The number of aromatic nitrogens is 1. The van der Waals surface area contributed by atoms with E-state index in [1.54, 1.807) is 12.4 Å². The maximum atomic E-state index is 12.7. The smallest absolute Gasteiger partial charge is 0.180 e. The Balaban J connectivity index is 2.09. The Hall–Kier alpha value is -2.16. The lowest BCUT2D eigenvalue weighted by molar-refractivity contribution is 0.0791. The van der Waals surface area contributed by atoms with Crippen LogP contribution in [0, 0.1) is 6.92 Å². The molecule has 0 amide bonds. The van der Waals surface area contributed by atoms with Gasteiger partial charge in [0.15, 0.2) is 5.78 Å². The van der Waals surface area contributed by atoms with E-state index in [4.69, 9.17) is 4.74 Å². The van der Waals surface area contributed by atoms with Crippen LogP contribution in [-0.4, -0.2) is 17.4 Å². The summed E-state index contributed by atoms with van der Waals surface area (Å²) in [6, 6.07) is 9.47. The molecule has 1 atom stereocenters. The molecule has 0 aliphatic carbocycles. The maximum absolute atomic E-state index is 12.7. The molecule has 19 heavy (non-hydrogen) atoms. The molecule has 1 unspecified atom stereocenters. The van der Waals surface area contributed by atoms with E-state index in [-0.39, 0.29) is 5.78 Å². The predicted octanol–water partition coefficient (Wildman–Crippen LogP) is 2.92. The van der Waals surface area contributed by atoms with Gasteiger partial charge in [-0.05, 0) is 43.2 Å². The van der Waals surface area contributed by atoms with Crippen LogP contribution in [0.2, 0.25) is 0 Å². The molecule has 0 radical (unpaired) electrons. The third kappa shape index (κ3) is 1.82. The number of rotatable bonds is 1. The van der Waals surface area contributed by atoms with E-state index in [0.29, 0.717) is 17.9 Å². The quantitative estimate of drug-likeness (QED) is 0.784. The van der Waals surface area contributed by atoms with Gasteiger partial charge < -0.3 is 4.74 Å². The first-order chi connectivity index (χ1) is 9.11. The van der Waals surface area contributed by atoms with Gasteiger partial charge >= 0.3 is 0 Å². The molecule has 0 N–H and O–H groups in total. The molecular formula is C16H15NO2. The summed E-state index contributed by atoms with van der Waals surface area (Å²) in [5.74, 6) is 0.785. The van der Waals surface area contributed by atoms with Crippen LogP contribution in [0.4, 0.5) is 0 Å². The first-order valence-electron chi connectivity index (χ1n) is 6.30. The van der Waals surface area contributed by atoms with Gasteiger partial charge in [0, 0.05) is 12.4 Å². The number of hydrogen-bond acceptors (Lipinski definition) is 3. The number of aryl methyl sites for hydroxylation is 1. The van der Waals surface area contributed by atoms with Gasteiger partial charge in [0.2, 0.25) is 0 Å². The van der Waals surface area contributed by atoms with Crippen molar-refractivity contribution in [1.82, 2.24) is 4.98 Å². The zero-order valence-electron chi connectivity index (χ0n) is 11.0. The van der Waals surface area contributed by atoms with Crippen molar-refractivity contribution in [2.24, 2.45) is 0 Å². The van der Waals surface area contributed by atoms with Crippen LogP contribution in [0.5, 0.6) is 5.75 Å². The lowest BCUT2D eigenvalue weighted by Gasteiger charge is -2.33. The molecule has 0 spiro atoms. The van der Waals surface area contributed by atoms with Crippen molar-refractivity contribution in [3.05, 3.63) is 59.4 Å². The fourth-order valence-corrected chi connectivity index (χ4v) is 2.43. The summed E-state index contributed by atoms with van der Waals surface area (Å²) < 4.78 is 5.80. The van der Waals surface area contributed by atoms with Gasteiger partial charge in [-0.25, -0.2) is 0 Å². The Labute approximate surface area is 112 Å². The lowest BCUT2D eigenvalue weighted by atomic mass is 9.76. The molecule has 0 fully saturated rings. The van der Waals surface area contributed by atoms with Crippen LogP contribution in [0.15, 0.2) is 42.7 Å². The minimum atomic E-state index is -0.656. The highest BCUT2D eigenvalue weighted by atomic mass is 16.5. The first-order valence-corrected chi connectivity index (χ1v) is 6.30. The van der Waals surface area contributed by atoms with Crippen LogP contribution in [0.3, 0.4) is 0 Å². The van der Waals surface area contributed by atoms with Crippen LogP contribution in [-0.2, 0) is 5.41 Å². The fourth-order valence-electron chi connectivity index (χ4n) is 2.43. The second-order valence-electron chi connectivity index (χ2n) is 5.19. The molecule has 3 heteroatoms. The standard InChI is InChI=1S/C16H15NO2/c1-11-5-6-13-14(8-11)19-10-16(2,15(13)18)12-4-3-7-17-9-12/h3-9H,10H2,1-2H3. The Morgan fingerprint density at radius 2 is 2.16 bits per heavy atom. The maximum Gasteiger partial charge on any atom is 0.180 e. The van der Waals surface area contributed by atoms with Crippen molar-refractivity contribution < 1.29 is 9.53 Å². The monoisotopic (exact) mass is 253 g/mol. The highest BCUT2D eigenvalue weighted by molar-refractivity contribution is 6.06. The largest absolute Gasteiger partial charge is 0.491 e. The number of benzene rings is 1. The van der Waals surface area contributed by atoms with Crippen LogP contribution in [0.1, 0.15) is 28.4 Å². The summed E-state index contributed by atoms with van der Waals surface area (Å²) in [5, 5.41) is 0. The van der Waals surface area contributed by atoms with Crippen molar-refractivity contribution in [2.75, 3.05) is 6.61 Å². The molecule has 1 aliphatic heterocycles. The number of carbonyl (C=O) groups excluding carboxylic acids is 1. The SMILES string of the molecule is Cc1ccc2c(c1)OCC(C)(c1cccnc1)C2=O. The second kappa shape index (κ2) is 4.19. The molecule has 2 aromatic rings. The van der Waals surface area contributed by atoms with Crippen LogP contribution in [0.25, 0.3) is 0 Å². The normalized spacial score (nSPS) is 21.7. The molecule has 2 heterocycles. The van der Waals surface area contributed by atoms with E-state index in [1.165, 1.54) is 0 Å². The number of Topliss-reactive ketones (excluding diaryl/α,β-unsaturated/α-hetero) is 1. The number of nitrogens with zero attached hydrogens (tertiary/aromatic N) is 1. The number of hydrogen-bond donors (Lipinski definition) is 0. The highest BCUT2D eigenvalue weighted by Crippen LogP contribution is 2.37. The number of carbonyl (C=O) groups is 1. The topological polar surface area (TPSA) is 39.2 Å². The Bertz CT molecular complexity index is 636. The van der Waals surface area contributed by atoms with Crippen molar-refractivity contribution in [3.8, 4) is 5.75 Å². The first kappa shape index (κ1) is 11.9. The summed E-state index contributed by atoms with van der Waals surface area (Å²) in [5.41, 5.74) is 1.99. The van der Waals surface area contributed by atoms with E-state index in [2.05, 4.69) is 4.98 Å². The van der Waals surface area contributed by atoms with Crippen molar-refractivity contribution in [3.63, 3.8) is 0 Å². The molecule has 1 aromatic heterocycles. The Morgan fingerprint density at radius 3 is 2.89 bits per heavy atom. The van der Waals surface area contributed by atoms with Crippen molar-refractivity contribution in [1.29, 1.82) is 0 Å². The molecule has 3 nitrogen and oxygen atoms in total. The molecular weight excluding hydrogens is 238 g/mol. The minimum Gasteiger partial charge on any atom is -0.491 e. The number of fused-ring (bicyclic) bond motifs is 1. The summed E-state index contributed by atoms with van der Waals surface area (Å²) in [6.07, 6.45) is 3.44. The van der Waals surface area contributed by atoms with E-state index in [9.17, 15) is 4.79 Å². The van der Waals surface area contributed by atoms with Gasteiger partial charge in [-0.1, -0.05) is 12.1 Å². The third-order valence-electron chi connectivity index (χ3n) is 3.70. The predicted molar refractivity (Wildman–Crippen MR) is 72.6 cm³/mol. The average Bonchev–Trinajstić information content (AvgIpc) is 2.44. The zero-order chi connectivity index (χ0) is 13.5. The van der Waals surface area contributed by atoms with E-state index >= 15 is 0 Å². The second-order valence-corrected chi connectivity index (χ2v) is 5.19. The number of ketones is 1. The third-order valence-corrected chi connectivity index (χ3v) is 3.70. The minimum absolute atomic E-state index is 0.0988. The van der Waals surface area contributed by atoms with Crippen LogP contribution < -0.4 is 4.74 Å². The number of pyridine rings is 1. The Kier molecular flexibility index (Phi) is 2.63. The molecule has 0 saturated heterocycles. The molecule has 1 aromatic carbocycles. The lowest BCUT2D eigenvalue weighted by Crippen LogP contribution is -2.42.